The Balaban J connectivity index is 1.30. The van der Waals surface area contributed by atoms with E-state index in [0.29, 0.717) is 42.1 Å². The number of nitrogens with zero attached hydrogens (tertiary/aromatic N) is 7. The van der Waals surface area contributed by atoms with Crippen LogP contribution in [0, 0.1) is 29.9 Å². The zero-order valence-electron chi connectivity index (χ0n) is 29.6. The highest BCUT2D eigenvalue weighted by Crippen LogP contribution is 2.48. The standard InChI is InChI=1S/C37H34F6N8O2S2/c1-3-51(20-7-10-49(16-20)34(52)26-14-46-18(2)54-26)33-22-11-24(37(41,42)43)28(21-5-6-25(39)31-27(21)23(13-44)32(45)55-31)29(40)30(22)47-35(48-33)53-17-36-8-4-9-50(36)15-19(38)12-36/h5-6,11,14,19-20H,3-4,7-10,12,15-17,45H2,1-2H3/t19-,20+,36+/m1/s1. The molecule has 0 radical (unpaired) electrons. The zero-order chi connectivity index (χ0) is 39.0. The topological polar surface area (TPSA) is 125 Å². The number of benzene rings is 2. The van der Waals surface area contributed by atoms with Crippen molar-refractivity contribution in [2.24, 2.45) is 0 Å². The molecule has 18 heteroatoms. The van der Waals surface area contributed by atoms with Crippen molar-refractivity contribution in [3.63, 3.8) is 0 Å². The number of fused-ring (bicyclic) bond motifs is 3. The maximum Gasteiger partial charge on any atom is 0.417 e. The number of carbonyl (C=O) groups is 1. The maximum atomic E-state index is 17.3. The van der Waals surface area contributed by atoms with Crippen LogP contribution in [-0.2, 0) is 6.18 Å². The Morgan fingerprint density at radius 2 is 2.00 bits per heavy atom. The molecule has 0 saturated carbocycles. The largest absolute Gasteiger partial charge is 0.461 e. The number of anilines is 2. The molecule has 6 heterocycles. The van der Waals surface area contributed by atoms with Gasteiger partial charge >= 0.3 is 12.2 Å². The third kappa shape index (κ3) is 6.29. The molecule has 10 nitrogen and oxygen atoms in total. The van der Waals surface area contributed by atoms with Crippen LogP contribution in [0.15, 0.2) is 24.4 Å². The summed E-state index contributed by atoms with van der Waals surface area (Å²) >= 11 is 1.93. The van der Waals surface area contributed by atoms with Crippen molar-refractivity contribution >= 4 is 60.4 Å². The minimum atomic E-state index is -5.14. The SMILES string of the molecule is CCN(c1nc(OC[C@@]23CCCN2C[C@H](F)C3)nc2c(F)c(-c3ccc(F)c4sc(N)c(C#N)c34)c(C(F)(F)F)cc12)[C@H]1CCN(C(=O)c2cnc(C)s2)C1. The normalized spacial score (nSPS) is 21.5. The molecule has 55 heavy (non-hydrogen) atoms. The number of thiazole rings is 1. The van der Waals surface area contributed by atoms with Crippen LogP contribution in [0.2, 0.25) is 0 Å². The van der Waals surface area contributed by atoms with Crippen molar-refractivity contribution in [1.82, 2.24) is 24.8 Å². The predicted octanol–water partition coefficient (Wildman–Crippen LogP) is 7.72. The van der Waals surface area contributed by atoms with E-state index in [1.165, 1.54) is 17.5 Å². The molecule has 3 saturated heterocycles. The monoisotopic (exact) mass is 800 g/mol. The Kier molecular flexibility index (Phi) is 9.32. The lowest BCUT2D eigenvalue weighted by molar-refractivity contribution is -0.137. The number of aromatic nitrogens is 3. The van der Waals surface area contributed by atoms with Crippen molar-refractivity contribution in [3.05, 3.63) is 57.0 Å². The molecule has 3 aliphatic rings. The highest BCUT2D eigenvalue weighted by Gasteiger charge is 2.49. The number of thiophene rings is 1. The van der Waals surface area contributed by atoms with Gasteiger partial charge in [-0.3, -0.25) is 9.69 Å². The molecule has 288 valence electrons. The van der Waals surface area contributed by atoms with Gasteiger partial charge in [0.2, 0.25) is 0 Å². The number of ether oxygens (including phenoxy) is 1. The minimum Gasteiger partial charge on any atom is -0.461 e. The molecule has 3 aromatic heterocycles. The van der Waals surface area contributed by atoms with E-state index in [2.05, 4.69) is 15.0 Å². The Morgan fingerprint density at radius 1 is 1.20 bits per heavy atom. The van der Waals surface area contributed by atoms with Gasteiger partial charge in [0.1, 0.15) is 45.9 Å². The van der Waals surface area contributed by atoms with Gasteiger partial charge in [0.15, 0.2) is 5.82 Å². The number of hydrogen-bond acceptors (Lipinski definition) is 11. The number of nitrogen functional groups attached to an aromatic ring is 1. The summed E-state index contributed by atoms with van der Waals surface area (Å²) in [4.78, 5) is 32.3. The lowest BCUT2D eigenvalue weighted by atomic mass is 9.92. The number of amides is 1. The molecular weight excluding hydrogens is 767 g/mol. The fourth-order valence-corrected chi connectivity index (χ4v) is 10.2. The summed E-state index contributed by atoms with van der Waals surface area (Å²) in [7, 11) is 0. The number of nitriles is 1. The fraction of sp³-hybridized carbons (Fsp3) is 0.432. The molecule has 3 atom stereocenters. The molecule has 0 aliphatic carbocycles. The first-order chi connectivity index (χ1) is 26.2. The second kappa shape index (κ2) is 13.8. The first-order valence-electron chi connectivity index (χ1n) is 17.8. The van der Waals surface area contributed by atoms with Gasteiger partial charge in [0.05, 0.1) is 32.6 Å². The molecular formula is C37H34F6N8O2S2. The number of nitrogens with two attached hydrogens (primary N) is 1. The van der Waals surface area contributed by atoms with Gasteiger partial charge in [-0.15, -0.1) is 22.7 Å². The number of alkyl halides is 4. The smallest absolute Gasteiger partial charge is 0.417 e. The van der Waals surface area contributed by atoms with Crippen molar-refractivity contribution in [3.8, 4) is 23.2 Å². The molecule has 3 aliphatic heterocycles. The van der Waals surface area contributed by atoms with Crippen LogP contribution in [0.4, 0.5) is 37.2 Å². The van der Waals surface area contributed by atoms with Gasteiger partial charge in [0, 0.05) is 55.0 Å². The second-order valence-electron chi connectivity index (χ2n) is 14.2. The summed E-state index contributed by atoms with van der Waals surface area (Å²) < 4.78 is 98.4. The molecule has 2 aromatic carbocycles. The Bertz CT molecular complexity index is 2400. The Morgan fingerprint density at radius 3 is 2.71 bits per heavy atom. The highest BCUT2D eigenvalue weighted by atomic mass is 32.1. The number of halogens is 6. The minimum absolute atomic E-state index is 0.0299. The van der Waals surface area contributed by atoms with E-state index < -0.39 is 52.2 Å². The highest BCUT2D eigenvalue weighted by molar-refractivity contribution is 7.23. The van der Waals surface area contributed by atoms with E-state index in [4.69, 9.17) is 10.5 Å². The van der Waals surface area contributed by atoms with Crippen LogP contribution in [0.25, 0.3) is 32.1 Å². The molecule has 1 amide bonds. The van der Waals surface area contributed by atoms with Gasteiger partial charge in [-0.25, -0.2) is 18.2 Å². The van der Waals surface area contributed by atoms with Crippen molar-refractivity contribution in [1.29, 1.82) is 5.26 Å². The van der Waals surface area contributed by atoms with Crippen LogP contribution in [0.3, 0.4) is 0 Å². The molecule has 0 bridgehead atoms. The number of likely N-dealkylation sites (tertiary alicyclic amines) is 1. The van der Waals surface area contributed by atoms with E-state index in [-0.39, 0.29) is 82.0 Å². The van der Waals surface area contributed by atoms with Gasteiger partial charge in [-0.1, -0.05) is 6.07 Å². The summed E-state index contributed by atoms with van der Waals surface area (Å²) in [6.07, 6.45) is -2.56. The number of aryl methyl sites for hydroxylation is 1. The van der Waals surface area contributed by atoms with Crippen molar-refractivity contribution in [2.45, 2.75) is 63.5 Å². The van der Waals surface area contributed by atoms with Gasteiger partial charge in [-0.05, 0) is 57.4 Å². The van der Waals surface area contributed by atoms with E-state index in [0.717, 1.165) is 29.6 Å². The Hall–Kier alpha value is -4.73. The lowest BCUT2D eigenvalue weighted by Gasteiger charge is -2.32. The summed E-state index contributed by atoms with van der Waals surface area (Å²) in [5.74, 6) is -2.48. The first kappa shape index (κ1) is 37.2. The molecule has 5 aromatic rings. The van der Waals surface area contributed by atoms with Gasteiger partial charge in [-0.2, -0.15) is 28.4 Å². The fourth-order valence-electron chi connectivity index (χ4n) is 8.50. The average Bonchev–Trinajstić information content (AvgIpc) is 3.97. The molecule has 0 spiro atoms. The van der Waals surface area contributed by atoms with E-state index in [1.54, 1.807) is 23.6 Å². The van der Waals surface area contributed by atoms with E-state index in [9.17, 15) is 14.4 Å². The first-order valence-corrected chi connectivity index (χ1v) is 19.4. The molecule has 2 N–H and O–H groups in total. The predicted molar refractivity (Wildman–Crippen MR) is 197 cm³/mol. The summed E-state index contributed by atoms with van der Waals surface area (Å²) in [5, 5.41) is 9.98. The number of likely N-dealkylation sites (N-methyl/N-ethyl adjacent to an activating group) is 1. The zero-order valence-corrected chi connectivity index (χ0v) is 31.3. The van der Waals surface area contributed by atoms with E-state index >= 15 is 22.0 Å². The van der Waals surface area contributed by atoms with Crippen LogP contribution in [-0.4, -0.2) is 87.7 Å². The summed E-state index contributed by atoms with van der Waals surface area (Å²) in [6.45, 7) is 5.22. The average molecular weight is 801 g/mol. The maximum absolute atomic E-state index is 17.3. The van der Waals surface area contributed by atoms with Crippen LogP contribution >= 0.6 is 22.7 Å². The third-order valence-electron chi connectivity index (χ3n) is 11.0. The molecule has 8 rings (SSSR count). The van der Waals surface area contributed by atoms with Gasteiger partial charge < -0.3 is 20.3 Å². The Labute approximate surface area is 319 Å². The number of carbonyl (C=O) groups excluding carboxylic acids is 1. The molecule has 3 fully saturated rings. The van der Waals surface area contributed by atoms with E-state index in [1.807, 2.05) is 11.0 Å². The molecule has 0 unspecified atom stereocenters. The summed E-state index contributed by atoms with van der Waals surface area (Å²) in [6, 6.07) is 3.76. The van der Waals surface area contributed by atoms with Crippen molar-refractivity contribution < 1.29 is 35.9 Å². The number of rotatable bonds is 8. The quantitative estimate of drug-likeness (QED) is 0.157. The summed E-state index contributed by atoms with van der Waals surface area (Å²) in [5.41, 5.74) is 1.87. The lowest BCUT2D eigenvalue weighted by Crippen LogP contribution is -2.43. The third-order valence-corrected chi connectivity index (χ3v) is 12.9. The van der Waals surface area contributed by atoms with Gasteiger partial charge in [0.25, 0.3) is 5.91 Å². The van der Waals surface area contributed by atoms with Crippen LogP contribution in [0.5, 0.6) is 6.01 Å². The van der Waals surface area contributed by atoms with Crippen LogP contribution < -0.4 is 15.4 Å². The van der Waals surface area contributed by atoms with Crippen LogP contribution in [0.1, 0.15) is 58.4 Å². The second-order valence-corrected chi connectivity index (χ2v) is 16.5. The number of hydrogen-bond donors (Lipinski definition) is 1. The van der Waals surface area contributed by atoms with Crippen molar-refractivity contribution in [2.75, 3.05) is 50.0 Å².